The van der Waals surface area contributed by atoms with E-state index in [1.165, 1.54) is 5.56 Å². The van der Waals surface area contributed by atoms with Crippen molar-refractivity contribution in [2.75, 3.05) is 13.7 Å². The fourth-order valence-corrected chi connectivity index (χ4v) is 3.89. The van der Waals surface area contributed by atoms with Crippen LogP contribution in [0.5, 0.6) is 11.5 Å². The molecule has 1 aromatic heterocycles. The Bertz CT molecular complexity index is 1250. The van der Waals surface area contributed by atoms with Gasteiger partial charge in [0.25, 0.3) is 5.56 Å². The highest BCUT2D eigenvalue weighted by Gasteiger charge is 2.12. The first-order valence-electron chi connectivity index (χ1n) is 11.5. The molecule has 0 radical (unpaired) electrons. The lowest BCUT2D eigenvalue weighted by molar-refractivity contribution is 0.304. The number of para-hydroxylation sites is 1. The van der Waals surface area contributed by atoms with Gasteiger partial charge < -0.3 is 9.47 Å². The molecule has 3 aromatic carbocycles. The van der Waals surface area contributed by atoms with Crippen molar-refractivity contribution in [2.45, 2.75) is 39.2 Å². The number of fused-ring (bicyclic) bond motifs is 1. The van der Waals surface area contributed by atoms with Crippen LogP contribution >= 0.6 is 0 Å². The number of rotatable bonds is 10. The van der Waals surface area contributed by atoms with Crippen molar-refractivity contribution in [3.63, 3.8) is 0 Å². The first-order chi connectivity index (χ1) is 16.2. The number of aryl methyl sites for hydroxylation is 1. The summed E-state index contributed by atoms with van der Waals surface area (Å²) in [7, 11) is 1.64. The maximum Gasteiger partial charge on any atom is 0.261 e. The number of benzene rings is 3. The number of hydrogen-bond donors (Lipinski definition) is 0. The SMILES string of the molecule is COc1ccc(-c2nc3ccccc3c(=O)n2CCCCCCOc2ccc(C)cc2)cc1. The van der Waals surface area contributed by atoms with Gasteiger partial charge >= 0.3 is 0 Å². The van der Waals surface area contributed by atoms with Crippen molar-refractivity contribution in [2.24, 2.45) is 0 Å². The second kappa shape index (κ2) is 10.8. The summed E-state index contributed by atoms with van der Waals surface area (Å²) < 4.78 is 12.9. The normalized spacial score (nSPS) is 11.0. The zero-order valence-electron chi connectivity index (χ0n) is 19.3. The molecule has 0 saturated heterocycles. The van der Waals surface area contributed by atoms with E-state index in [2.05, 4.69) is 19.1 Å². The molecule has 170 valence electrons. The summed E-state index contributed by atoms with van der Waals surface area (Å²) in [6.45, 7) is 3.41. The average Bonchev–Trinajstić information content (AvgIpc) is 2.85. The number of nitrogens with zero attached hydrogens (tertiary/aromatic N) is 2. The lowest BCUT2D eigenvalue weighted by atomic mass is 10.1. The Morgan fingerprint density at radius 3 is 2.27 bits per heavy atom. The molecule has 1 heterocycles. The zero-order chi connectivity index (χ0) is 23.0. The Hall–Kier alpha value is -3.60. The summed E-state index contributed by atoms with van der Waals surface area (Å²) in [6, 6.07) is 23.4. The van der Waals surface area contributed by atoms with Crippen LogP contribution in [0.4, 0.5) is 0 Å². The summed E-state index contributed by atoms with van der Waals surface area (Å²) in [4.78, 5) is 18.1. The summed E-state index contributed by atoms with van der Waals surface area (Å²) in [5.74, 6) is 2.39. The number of ether oxygens (including phenoxy) is 2. The highest BCUT2D eigenvalue weighted by molar-refractivity contribution is 5.79. The van der Waals surface area contributed by atoms with E-state index in [9.17, 15) is 4.79 Å². The summed E-state index contributed by atoms with van der Waals surface area (Å²) in [5.41, 5.74) is 2.87. The first-order valence-corrected chi connectivity index (χ1v) is 11.5. The molecule has 0 aliphatic carbocycles. The largest absolute Gasteiger partial charge is 0.497 e. The Labute approximate surface area is 194 Å². The Morgan fingerprint density at radius 1 is 0.818 bits per heavy atom. The van der Waals surface area contributed by atoms with Gasteiger partial charge in [-0.3, -0.25) is 9.36 Å². The van der Waals surface area contributed by atoms with Crippen LogP contribution in [-0.2, 0) is 6.54 Å². The summed E-state index contributed by atoms with van der Waals surface area (Å²) in [5, 5.41) is 0.654. The van der Waals surface area contributed by atoms with Gasteiger partial charge in [0.1, 0.15) is 17.3 Å². The second-order valence-corrected chi connectivity index (χ2v) is 8.21. The van der Waals surface area contributed by atoms with Gasteiger partial charge in [0.05, 0.1) is 24.6 Å². The van der Waals surface area contributed by atoms with Crippen LogP contribution in [0, 0.1) is 6.92 Å². The molecule has 0 amide bonds. The van der Waals surface area contributed by atoms with Crippen molar-refractivity contribution in [1.82, 2.24) is 9.55 Å². The van der Waals surface area contributed by atoms with Crippen LogP contribution in [-0.4, -0.2) is 23.3 Å². The van der Waals surface area contributed by atoms with Crippen LogP contribution in [0.2, 0.25) is 0 Å². The highest BCUT2D eigenvalue weighted by atomic mass is 16.5. The number of aromatic nitrogens is 2. The predicted octanol–water partition coefficient (Wildman–Crippen LogP) is 6.02. The van der Waals surface area contributed by atoms with Gasteiger partial charge in [-0.05, 0) is 68.3 Å². The van der Waals surface area contributed by atoms with Gasteiger partial charge in [0.15, 0.2) is 0 Å². The quantitative estimate of drug-likeness (QED) is 0.282. The number of unbranched alkanes of at least 4 members (excludes halogenated alkanes) is 3. The van der Waals surface area contributed by atoms with Gasteiger partial charge in [-0.1, -0.05) is 42.7 Å². The van der Waals surface area contributed by atoms with E-state index in [-0.39, 0.29) is 5.56 Å². The van der Waals surface area contributed by atoms with E-state index >= 15 is 0 Å². The van der Waals surface area contributed by atoms with E-state index in [1.807, 2.05) is 65.2 Å². The van der Waals surface area contributed by atoms with Crippen molar-refractivity contribution >= 4 is 10.9 Å². The smallest absolute Gasteiger partial charge is 0.261 e. The maximum atomic E-state index is 13.3. The Kier molecular flexibility index (Phi) is 7.40. The van der Waals surface area contributed by atoms with Crippen molar-refractivity contribution in [1.29, 1.82) is 0 Å². The Morgan fingerprint density at radius 2 is 1.52 bits per heavy atom. The minimum atomic E-state index is 0.00845. The molecule has 0 aliphatic heterocycles. The molecule has 33 heavy (non-hydrogen) atoms. The molecule has 0 unspecified atom stereocenters. The zero-order valence-corrected chi connectivity index (χ0v) is 19.3. The average molecular weight is 443 g/mol. The number of methoxy groups -OCH3 is 1. The molecular weight excluding hydrogens is 412 g/mol. The Balaban J connectivity index is 1.41. The molecule has 0 aliphatic rings. The molecule has 4 aromatic rings. The minimum absolute atomic E-state index is 0.00845. The van der Waals surface area contributed by atoms with E-state index < -0.39 is 0 Å². The highest BCUT2D eigenvalue weighted by Crippen LogP contribution is 2.22. The fraction of sp³-hybridized carbons (Fsp3) is 0.286. The standard InChI is InChI=1S/C28H30N2O3/c1-21-11-15-24(16-12-21)33-20-8-4-3-7-19-30-27(22-13-17-23(32-2)18-14-22)29-26-10-6-5-9-25(26)28(30)31/h5-6,9-18H,3-4,7-8,19-20H2,1-2H3. The molecule has 5 heteroatoms. The van der Waals surface area contributed by atoms with Crippen molar-refractivity contribution in [3.8, 4) is 22.9 Å². The van der Waals surface area contributed by atoms with E-state index in [4.69, 9.17) is 14.5 Å². The molecule has 0 atom stereocenters. The third-order valence-electron chi connectivity index (χ3n) is 5.78. The predicted molar refractivity (Wildman–Crippen MR) is 133 cm³/mol. The van der Waals surface area contributed by atoms with Gasteiger partial charge in [0.2, 0.25) is 0 Å². The van der Waals surface area contributed by atoms with Gasteiger partial charge in [-0.2, -0.15) is 0 Å². The maximum absolute atomic E-state index is 13.3. The molecular formula is C28H30N2O3. The van der Waals surface area contributed by atoms with Crippen molar-refractivity contribution < 1.29 is 9.47 Å². The third kappa shape index (κ3) is 5.61. The van der Waals surface area contributed by atoms with Crippen LogP contribution in [0.15, 0.2) is 77.6 Å². The number of hydrogen-bond acceptors (Lipinski definition) is 4. The van der Waals surface area contributed by atoms with Crippen LogP contribution in [0.25, 0.3) is 22.3 Å². The van der Waals surface area contributed by atoms with Crippen molar-refractivity contribution in [3.05, 3.63) is 88.7 Å². The van der Waals surface area contributed by atoms with Gasteiger partial charge in [0, 0.05) is 12.1 Å². The lowest BCUT2D eigenvalue weighted by Crippen LogP contribution is -2.23. The lowest BCUT2D eigenvalue weighted by Gasteiger charge is -2.14. The summed E-state index contributed by atoms with van der Waals surface area (Å²) >= 11 is 0. The van der Waals surface area contributed by atoms with E-state index in [1.54, 1.807) is 7.11 Å². The molecule has 4 rings (SSSR count). The molecule has 0 fully saturated rings. The van der Waals surface area contributed by atoms with Crippen LogP contribution in [0.3, 0.4) is 0 Å². The second-order valence-electron chi connectivity index (χ2n) is 8.21. The fourth-order valence-electron chi connectivity index (χ4n) is 3.89. The minimum Gasteiger partial charge on any atom is -0.497 e. The monoisotopic (exact) mass is 442 g/mol. The van der Waals surface area contributed by atoms with Crippen LogP contribution in [0.1, 0.15) is 31.2 Å². The van der Waals surface area contributed by atoms with E-state index in [0.29, 0.717) is 24.4 Å². The molecule has 0 bridgehead atoms. The van der Waals surface area contributed by atoms with Gasteiger partial charge in [-0.15, -0.1) is 0 Å². The first kappa shape index (κ1) is 22.6. The van der Waals surface area contributed by atoms with E-state index in [0.717, 1.165) is 48.3 Å². The molecule has 0 saturated carbocycles. The third-order valence-corrected chi connectivity index (χ3v) is 5.78. The molecule has 0 N–H and O–H groups in total. The summed E-state index contributed by atoms with van der Waals surface area (Å²) in [6.07, 6.45) is 3.98. The molecule has 0 spiro atoms. The molecule has 5 nitrogen and oxygen atoms in total. The topological polar surface area (TPSA) is 53.3 Å². The van der Waals surface area contributed by atoms with Crippen LogP contribution < -0.4 is 15.0 Å². The van der Waals surface area contributed by atoms with Gasteiger partial charge in [-0.25, -0.2) is 4.98 Å².